The predicted octanol–water partition coefficient (Wildman–Crippen LogP) is 3.05. The first-order valence-electron chi connectivity index (χ1n) is 8.63. The summed E-state index contributed by atoms with van der Waals surface area (Å²) in [4.78, 5) is 15.8. The van der Waals surface area contributed by atoms with Crippen LogP contribution in [0.2, 0.25) is 0 Å². The average molecular weight is 478 g/mol. The van der Waals surface area contributed by atoms with Crippen LogP contribution in [0.3, 0.4) is 0 Å². The van der Waals surface area contributed by atoms with Crippen LogP contribution in [-0.4, -0.2) is 43.7 Å². The smallest absolute Gasteiger partial charge is 0.357 e. The van der Waals surface area contributed by atoms with Crippen molar-refractivity contribution in [2.24, 2.45) is 16.8 Å². The summed E-state index contributed by atoms with van der Waals surface area (Å²) in [5.41, 5.74) is 0. The molecule has 0 aromatic heterocycles. The third-order valence-corrected chi connectivity index (χ3v) is 4.08. The monoisotopic (exact) mass is 478 g/mol. The van der Waals surface area contributed by atoms with Gasteiger partial charge in [-0.25, -0.2) is 0 Å². The SMILES string of the molecule is CCNC(=NCCNC(=O)C(C)C)NC1CCC(C(F)(F)F)CC1.I. The Morgan fingerprint density at radius 1 is 1.16 bits per heavy atom. The lowest BCUT2D eigenvalue weighted by Gasteiger charge is -2.31. The quantitative estimate of drug-likeness (QED) is 0.238. The molecule has 0 aromatic rings. The lowest BCUT2D eigenvalue weighted by molar-refractivity contribution is -0.182. The fourth-order valence-electron chi connectivity index (χ4n) is 2.63. The number of alkyl halides is 3. The normalized spacial score (nSPS) is 21.5. The van der Waals surface area contributed by atoms with E-state index in [-0.39, 0.29) is 54.7 Å². The summed E-state index contributed by atoms with van der Waals surface area (Å²) < 4.78 is 38.1. The molecule has 1 rings (SSSR count). The Morgan fingerprint density at radius 2 is 1.76 bits per heavy atom. The largest absolute Gasteiger partial charge is 0.391 e. The first-order valence-corrected chi connectivity index (χ1v) is 8.63. The van der Waals surface area contributed by atoms with Gasteiger partial charge in [0.1, 0.15) is 0 Å². The van der Waals surface area contributed by atoms with Gasteiger partial charge in [-0.2, -0.15) is 13.2 Å². The molecule has 0 unspecified atom stereocenters. The molecule has 0 saturated heterocycles. The molecule has 0 bridgehead atoms. The van der Waals surface area contributed by atoms with E-state index in [1.807, 2.05) is 20.8 Å². The molecule has 25 heavy (non-hydrogen) atoms. The number of nitrogens with one attached hydrogen (secondary N) is 3. The predicted molar refractivity (Wildman–Crippen MR) is 104 cm³/mol. The van der Waals surface area contributed by atoms with E-state index in [0.717, 1.165) is 0 Å². The van der Waals surface area contributed by atoms with E-state index in [4.69, 9.17) is 0 Å². The zero-order chi connectivity index (χ0) is 18.2. The first kappa shape index (κ1) is 24.3. The molecule has 1 aliphatic carbocycles. The van der Waals surface area contributed by atoms with Gasteiger partial charge in [0.2, 0.25) is 5.91 Å². The number of rotatable bonds is 6. The lowest BCUT2D eigenvalue weighted by atomic mass is 9.85. The highest BCUT2D eigenvalue weighted by Crippen LogP contribution is 2.37. The van der Waals surface area contributed by atoms with Crippen molar-refractivity contribution in [3.8, 4) is 0 Å². The molecule has 1 fully saturated rings. The van der Waals surface area contributed by atoms with Gasteiger partial charge in [-0.1, -0.05) is 13.8 Å². The standard InChI is InChI=1S/C16H29F3N4O.HI/c1-4-20-15(22-10-9-21-14(24)11(2)3)23-13-7-5-12(6-8-13)16(17,18)19;/h11-13H,4-10H2,1-3H3,(H,21,24)(H2,20,22,23);1H. The van der Waals surface area contributed by atoms with Crippen molar-refractivity contribution < 1.29 is 18.0 Å². The first-order chi connectivity index (χ1) is 11.2. The van der Waals surface area contributed by atoms with Crippen LogP contribution in [0.25, 0.3) is 0 Å². The van der Waals surface area contributed by atoms with Crippen LogP contribution < -0.4 is 16.0 Å². The number of amides is 1. The molecule has 0 aromatic carbocycles. The summed E-state index contributed by atoms with van der Waals surface area (Å²) in [5, 5.41) is 9.06. The summed E-state index contributed by atoms with van der Waals surface area (Å²) >= 11 is 0. The van der Waals surface area contributed by atoms with E-state index in [1.54, 1.807) is 0 Å². The molecule has 0 radical (unpaired) electrons. The van der Waals surface area contributed by atoms with Crippen LogP contribution in [-0.2, 0) is 4.79 Å². The Bertz CT molecular complexity index is 422. The second-order valence-electron chi connectivity index (χ2n) is 6.44. The third kappa shape index (κ3) is 9.50. The maximum absolute atomic E-state index is 12.7. The van der Waals surface area contributed by atoms with Crippen molar-refractivity contribution in [3.63, 3.8) is 0 Å². The second kappa shape index (κ2) is 11.8. The lowest BCUT2D eigenvalue weighted by Crippen LogP contribution is -2.46. The zero-order valence-corrected chi connectivity index (χ0v) is 17.4. The number of carbonyl (C=O) groups is 1. The summed E-state index contributed by atoms with van der Waals surface area (Å²) in [5.74, 6) is -0.675. The third-order valence-electron chi connectivity index (χ3n) is 4.08. The maximum atomic E-state index is 12.7. The minimum atomic E-state index is -4.09. The van der Waals surface area contributed by atoms with E-state index in [1.165, 1.54) is 0 Å². The Balaban J connectivity index is 0.00000576. The molecule has 0 heterocycles. The van der Waals surface area contributed by atoms with Gasteiger partial charge in [-0.3, -0.25) is 9.79 Å². The van der Waals surface area contributed by atoms with Crippen LogP contribution in [0.5, 0.6) is 0 Å². The van der Waals surface area contributed by atoms with Crippen LogP contribution >= 0.6 is 24.0 Å². The van der Waals surface area contributed by atoms with Gasteiger partial charge in [0, 0.05) is 25.0 Å². The van der Waals surface area contributed by atoms with Gasteiger partial charge in [-0.15, -0.1) is 24.0 Å². The maximum Gasteiger partial charge on any atom is 0.391 e. The fourth-order valence-corrected chi connectivity index (χ4v) is 2.63. The van der Waals surface area contributed by atoms with Crippen molar-refractivity contribution in [1.82, 2.24) is 16.0 Å². The molecule has 9 heteroatoms. The minimum Gasteiger partial charge on any atom is -0.357 e. The highest BCUT2D eigenvalue weighted by atomic mass is 127. The number of aliphatic imine (C=N–C) groups is 1. The molecular formula is C16H30F3IN4O. The van der Waals surface area contributed by atoms with Crippen molar-refractivity contribution >= 4 is 35.8 Å². The Labute approximate surface area is 165 Å². The average Bonchev–Trinajstić information content (AvgIpc) is 2.51. The van der Waals surface area contributed by atoms with E-state index >= 15 is 0 Å². The van der Waals surface area contributed by atoms with E-state index in [0.29, 0.717) is 38.4 Å². The molecule has 5 nitrogen and oxygen atoms in total. The Morgan fingerprint density at radius 3 is 2.24 bits per heavy atom. The summed E-state index contributed by atoms with van der Waals surface area (Å²) in [6.45, 7) is 7.10. The van der Waals surface area contributed by atoms with E-state index < -0.39 is 12.1 Å². The highest BCUT2D eigenvalue weighted by Gasteiger charge is 2.41. The Kier molecular flexibility index (Phi) is 11.4. The summed E-state index contributed by atoms with van der Waals surface area (Å²) in [6, 6.07) is 0.00616. The van der Waals surface area contributed by atoms with Crippen LogP contribution in [0.4, 0.5) is 13.2 Å². The summed E-state index contributed by atoms with van der Waals surface area (Å²) in [6.07, 6.45) is -2.80. The molecular weight excluding hydrogens is 448 g/mol. The molecule has 1 aliphatic rings. The fraction of sp³-hybridized carbons (Fsp3) is 0.875. The molecule has 0 spiro atoms. The van der Waals surface area contributed by atoms with Crippen molar-refractivity contribution in [1.29, 1.82) is 0 Å². The zero-order valence-electron chi connectivity index (χ0n) is 15.1. The van der Waals surface area contributed by atoms with E-state index in [2.05, 4.69) is 20.9 Å². The molecule has 1 saturated carbocycles. The van der Waals surface area contributed by atoms with E-state index in [9.17, 15) is 18.0 Å². The van der Waals surface area contributed by atoms with Crippen molar-refractivity contribution in [2.75, 3.05) is 19.6 Å². The second-order valence-corrected chi connectivity index (χ2v) is 6.44. The molecule has 3 N–H and O–H groups in total. The number of hydrogen-bond acceptors (Lipinski definition) is 2. The van der Waals surface area contributed by atoms with Crippen LogP contribution in [0, 0.1) is 11.8 Å². The summed E-state index contributed by atoms with van der Waals surface area (Å²) in [7, 11) is 0. The van der Waals surface area contributed by atoms with Crippen LogP contribution in [0.1, 0.15) is 46.5 Å². The van der Waals surface area contributed by atoms with Gasteiger partial charge in [0.05, 0.1) is 12.5 Å². The van der Waals surface area contributed by atoms with Crippen molar-refractivity contribution in [3.05, 3.63) is 0 Å². The van der Waals surface area contributed by atoms with Gasteiger partial charge < -0.3 is 16.0 Å². The Hall–Kier alpha value is -0.740. The molecule has 148 valence electrons. The van der Waals surface area contributed by atoms with Crippen LogP contribution in [0.15, 0.2) is 4.99 Å². The minimum absolute atomic E-state index is 0. The number of nitrogens with zero attached hydrogens (tertiary/aromatic N) is 1. The van der Waals surface area contributed by atoms with Gasteiger partial charge >= 0.3 is 6.18 Å². The van der Waals surface area contributed by atoms with Gasteiger partial charge in [0.15, 0.2) is 5.96 Å². The molecule has 0 aliphatic heterocycles. The topological polar surface area (TPSA) is 65.5 Å². The van der Waals surface area contributed by atoms with Gasteiger partial charge in [-0.05, 0) is 32.6 Å². The highest BCUT2D eigenvalue weighted by molar-refractivity contribution is 14.0. The van der Waals surface area contributed by atoms with Gasteiger partial charge in [0.25, 0.3) is 0 Å². The number of guanidine groups is 1. The van der Waals surface area contributed by atoms with Crippen molar-refractivity contribution in [2.45, 2.75) is 58.7 Å². The molecule has 0 atom stereocenters. The number of carbonyl (C=O) groups excluding carboxylic acids is 1. The molecule has 1 amide bonds. The number of hydrogen-bond donors (Lipinski definition) is 3. The number of halogens is 4.